The maximum absolute atomic E-state index is 12.2. The minimum Gasteiger partial charge on any atom is -0.493 e. The second kappa shape index (κ2) is 8.33. The lowest BCUT2D eigenvalue weighted by molar-refractivity contribution is -0.116. The summed E-state index contributed by atoms with van der Waals surface area (Å²) in [4.78, 5) is 23.4. The van der Waals surface area contributed by atoms with Crippen LogP contribution in [0.4, 0.5) is 11.4 Å². The highest BCUT2D eigenvalue weighted by atomic mass is 16.5. The molecule has 0 fully saturated rings. The number of amides is 2. The molecule has 0 aliphatic carbocycles. The van der Waals surface area contributed by atoms with Crippen molar-refractivity contribution in [3.63, 3.8) is 0 Å². The molecular formula is C20H24N2O3. The van der Waals surface area contributed by atoms with Gasteiger partial charge >= 0.3 is 0 Å². The fourth-order valence-electron chi connectivity index (χ4n) is 2.44. The molecule has 0 aliphatic heterocycles. The summed E-state index contributed by atoms with van der Waals surface area (Å²) in [5.41, 5.74) is 4.44. The molecule has 0 unspecified atom stereocenters. The van der Waals surface area contributed by atoms with Crippen LogP contribution in [0.1, 0.15) is 30.0 Å². The molecule has 0 atom stereocenters. The molecule has 0 radical (unpaired) electrons. The Bertz CT molecular complexity index is 785. The Morgan fingerprint density at radius 1 is 0.920 bits per heavy atom. The minimum absolute atomic E-state index is 0.131. The number of anilines is 2. The third kappa shape index (κ3) is 5.08. The van der Waals surface area contributed by atoms with Crippen LogP contribution in [0.15, 0.2) is 36.4 Å². The van der Waals surface area contributed by atoms with Crippen molar-refractivity contribution in [2.45, 2.75) is 34.1 Å². The Morgan fingerprint density at radius 3 is 2.24 bits per heavy atom. The molecule has 0 heterocycles. The Hall–Kier alpha value is -2.82. The summed E-state index contributed by atoms with van der Waals surface area (Å²) in [5.74, 6) is 0.526. The largest absolute Gasteiger partial charge is 0.493 e. The predicted molar refractivity (Wildman–Crippen MR) is 100 cm³/mol. The normalized spacial score (nSPS) is 10.2. The van der Waals surface area contributed by atoms with Crippen LogP contribution in [0.5, 0.6) is 5.75 Å². The van der Waals surface area contributed by atoms with Crippen molar-refractivity contribution >= 4 is 23.2 Å². The molecule has 5 nitrogen and oxygen atoms in total. The SMILES string of the molecule is CC(=O)Nc1cccc(NC(=O)CCOc2cccc(C)c2C)c1C. The number of carbonyl (C=O) groups excluding carboxylic acids is 2. The van der Waals surface area contributed by atoms with E-state index in [2.05, 4.69) is 10.6 Å². The Kier molecular flexibility index (Phi) is 6.17. The smallest absolute Gasteiger partial charge is 0.227 e. The van der Waals surface area contributed by atoms with Crippen molar-refractivity contribution in [3.05, 3.63) is 53.1 Å². The van der Waals surface area contributed by atoms with Gasteiger partial charge in [0.2, 0.25) is 11.8 Å². The zero-order valence-electron chi connectivity index (χ0n) is 15.1. The Balaban J connectivity index is 1.92. The molecule has 2 amide bonds. The van der Waals surface area contributed by atoms with Crippen LogP contribution < -0.4 is 15.4 Å². The second-order valence-electron chi connectivity index (χ2n) is 6.00. The third-order valence-corrected chi connectivity index (χ3v) is 4.06. The average molecular weight is 340 g/mol. The topological polar surface area (TPSA) is 67.4 Å². The predicted octanol–water partition coefficient (Wildman–Crippen LogP) is 3.98. The van der Waals surface area contributed by atoms with Gasteiger partial charge in [-0.2, -0.15) is 0 Å². The molecule has 2 N–H and O–H groups in total. The van der Waals surface area contributed by atoms with E-state index in [4.69, 9.17) is 4.74 Å². The maximum Gasteiger partial charge on any atom is 0.227 e. The molecular weight excluding hydrogens is 316 g/mol. The molecule has 0 spiro atoms. The summed E-state index contributed by atoms with van der Waals surface area (Å²) < 4.78 is 5.71. The van der Waals surface area contributed by atoms with Crippen LogP contribution in [0.3, 0.4) is 0 Å². The Labute approximate surface area is 148 Å². The van der Waals surface area contributed by atoms with E-state index in [1.165, 1.54) is 6.92 Å². The number of hydrogen-bond acceptors (Lipinski definition) is 3. The lowest BCUT2D eigenvalue weighted by Crippen LogP contribution is -2.17. The number of ether oxygens (including phenoxy) is 1. The summed E-state index contributed by atoms with van der Waals surface area (Å²) in [6, 6.07) is 11.3. The lowest BCUT2D eigenvalue weighted by Gasteiger charge is -2.13. The second-order valence-corrected chi connectivity index (χ2v) is 6.00. The summed E-state index contributed by atoms with van der Waals surface area (Å²) in [7, 11) is 0. The van der Waals surface area contributed by atoms with E-state index in [9.17, 15) is 9.59 Å². The van der Waals surface area contributed by atoms with E-state index in [-0.39, 0.29) is 18.2 Å². The maximum atomic E-state index is 12.2. The zero-order valence-corrected chi connectivity index (χ0v) is 15.1. The summed E-state index contributed by atoms with van der Waals surface area (Å²) in [6.45, 7) is 7.64. The molecule has 5 heteroatoms. The average Bonchev–Trinajstić information content (AvgIpc) is 2.55. The summed E-state index contributed by atoms with van der Waals surface area (Å²) in [6.07, 6.45) is 0.247. The van der Waals surface area contributed by atoms with Crippen LogP contribution in [-0.2, 0) is 9.59 Å². The van der Waals surface area contributed by atoms with E-state index in [0.29, 0.717) is 18.0 Å². The van der Waals surface area contributed by atoms with Gasteiger partial charge in [0.1, 0.15) is 5.75 Å². The monoisotopic (exact) mass is 340 g/mol. The van der Waals surface area contributed by atoms with Crippen molar-refractivity contribution < 1.29 is 14.3 Å². The van der Waals surface area contributed by atoms with E-state index in [1.807, 2.05) is 45.0 Å². The quantitative estimate of drug-likeness (QED) is 0.836. The van der Waals surface area contributed by atoms with Crippen LogP contribution in [0.2, 0.25) is 0 Å². The van der Waals surface area contributed by atoms with Gasteiger partial charge in [-0.25, -0.2) is 0 Å². The first-order chi connectivity index (χ1) is 11.9. The standard InChI is InChI=1S/C20H24N2O3/c1-13-7-5-10-19(14(13)2)25-12-11-20(24)22-18-9-6-8-17(15(18)3)21-16(4)23/h5-10H,11-12H2,1-4H3,(H,21,23)(H,22,24). The lowest BCUT2D eigenvalue weighted by atomic mass is 10.1. The van der Waals surface area contributed by atoms with Crippen molar-refractivity contribution in [2.75, 3.05) is 17.2 Å². The number of rotatable bonds is 6. The van der Waals surface area contributed by atoms with Crippen LogP contribution in [0.25, 0.3) is 0 Å². The molecule has 0 saturated carbocycles. The molecule has 2 aromatic rings. The fourth-order valence-corrected chi connectivity index (χ4v) is 2.44. The molecule has 2 aromatic carbocycles. The molecule has 132 valence electrons. The van der Waals surface area contributed by atoms with Gasteiger partial charge in [-0.15, -0.1) is 0 Å². The first-order valence-corrected chi connectivity index (χ1v) is 8.24. The summed E-state index contributed by atoms with van der Waals surface area (Å²) >= 11 is 0. The van der Waals surface area contributed by atoms with Gasteiger partial charge in [0, 0.05) is 18.3 Å². The number of carbonyl (C=O) groups is 2. The van der Waals surface area contributed by atoms with Gasteiger partial charge in [-0.1, -0.05) is 18.2 Å². The van der Waals surface area contributed by atoms with Gasteiger partial charge in [0.25, 0.3) is 0 Å². The number of hydrogen-bond donors (Lipinski definition) is 2. The highest BCUT2D eigenvalue weighted by molar-refractivity contribution is 5.95. The fraction of sp³-hybridized carbons (Fsp3) is 0.300. The van der Waals surface area contributed by atoms with Gasteiger partial charge in [0.05, 0.1) is 13.0 Å². The molecule has 0 bridgehead atoms. The highest BCUT2D eigenvalue weighted by Crippen LogP contribution is 2.24. The number of nitrogens with one attached hydrogen (secondary N) is 2. The van der Waals surface area contributed by atoms with Gasteiger partial charge < -0.3 is 15.4 Å². The van der Waals surface area contributed by atoms with Gasteiger partial charge in [-0.05, 0) is 55.7 Å². The third-order valence-electron chi connectivity index (χ3n) is 4.06. The Morgan fingerprint density at radius 2 is 1.56 bits per heavy atom. The van der Waals surface area contributed by atoms with Crippen molar-refractivity contribution in [3.8, 4) is 5.75 Å². The number of aryl methyl sites for hydroxylation is 1. The zero-order chi connectivity index (χ0) is 18.4. The molecule has 2 rings (SSSR count). The van der Waals surface area contributed by atoms with E-state index < -0.39 is 0 Å². The van der Waals surface area contributed by atoms with Crippen molar-refractivity contribution in [1.29, 1.82) is 0 Å². The molecule has 25 heavy (non-hydrogen) atoms. The van der Waals surface area contributed by atoms with E-state index in [0.717, 1.165) is 22.4 Å². The van der Waals surface area contributed by atoms with E-state index >= 15 is 0 Å². The molecule has 0 aliphatic rings. The van der Waals surface area contributed by atoms with Gasteiger partial charge in [-0.3, -0.25) is 9.59 Å². The highest BCUT2D eigenvalue weighted by Gasteiger charge is 2.09. The van der Waals surface area contributed by atoms with Crippen LogP contribution in [0, 0.1) is 20.8 Å². The van der Waals surface area contributed by atoms with Crippen molar-refractivity contribution in [2.24, 2.45) is 0 Å². The minimum atomic E-state index is -0.145. The van der Waals surface area contributed by atoms with Crippen LogP contribution in [-0.4, -0.2) is 18.4 Å². The van der Waals surface area contributed by atoms with E-state index in [1.54, 1.807) is 12.1 Å². The molecule has 0 aromatic heterocycles. The van der Waals surface area contributed by atoms with Gasteiger partial charge in [0.15, 0.2) is 0 Å². The first-order valence-electron chi connectivity index (χ1n) is 8.24. The van der Waals surface area contributed by atoms with Crippen LogP contribution >= 0.6 is 0 Å². The van der Waals surface area contributed by atoms with Crippen molar-refractivity contribution in [1.82, 2.24) is 0 Å². The summed E-state index contributed by atoms with van der Waals surface area (Å²) in [5, 5.41) is 5.61. The first kappa shape index (κ1) is 18.5. The molecule has 0 saturated heterocycles. The number of benzene rings is 2.